The number of rotatable bonds is 6. The highest BCUT2D eigenvalue weighted by atomic mass is 19.1. The number of aromatic amines is 1. The third kappa shape index (κ3) is 4.60. The Kier molecular flexibility index (Phi) is 5.52. The standard InChI is InChI=1S/C23H21FN4O/c24-18-10-4-5-11-19(18)27-23(29)28(16-17-8-2-1-3-9-17)15-14-22-25-20-12-6-7-13-21(20)26-22/h1-13H,14-16H2,(H,25,26)(H,27,29). The quantitative estimate of drug-likeness (QED) is 0.489. The van der Waals surface area contributed by atoms with Crippen LogP contribution in [0, 0.1) is 5.82 Å². The van der Waals surface area contributed by atoms with Crippen LogP contribution >= 0.6 is 0 Å². The number of carbonyl (C=O) groups excluding carboxylic acids is 1. The number of imidazole rings is 1. The number of nitrogens with one attached hydrogen (secondary N) is 2. The van der Waals surface area contributed by atoms with Crippen LogP contribution in [0.2, 0.25) is 0 Å². The van der Waals surface area contributed by atoms with Crippen LogP contribution in [0.15, 0.2) is 78.9 Å². The Morgan fingerprint density at radius 1 is 0.966 bits per heavy atom. The van der Waals surface area contributed by atoms with Crippen molar-refractivity contribution in [1.82, 2.24) is 14.9 Å². The second-order valence-corrected chi connectivity index (χ2v) is 6.77. The zero-order chi connectivity index (χ0) is 20.1. The van der Waals surface area contributed by atoms with Crippen molar-refractivity contribution < 1.29 is 9.18 Å². The third-order valence-electron chi connectivity index (χ3n) is 4.68. The summed E-state index contributed by atoms with van der Waals surface area (Å²) in [5.41, 5.74) is 3.03. The Morgan fingerprint density at radius 2 is 1.69 bits per heavy atom. The highest BCUT2D eigenvalue weighted by Crippen LogP contribution is 2.15. The van der Waals surface area contributed by atoms with Gasteiger partial charge in [-0.1, -0.05) is 54.6 Å². The first-order chi connectivity index (χ1) is 14.2. The van der Waals surface area contributed by atoms with Crippen LogP contribution in [0.4, 0.5) is 14.9 Å². The molecule has 5 nitrogen and oxygen atoms in total. The van der Waals surface area contributed by atoms with Gasteiger partial charge in [0.2, 0.25) is 0 Å². The normalized spacial score (nSPS) is 10.8. The van der Waals surface area contributed by atoms with Crippen molar-refractivity contribution in [3.05, 3.63) is 96.1 Å². The largest absolute Gasteiger partial charge is 0.342 e. The van der Waals surface area contributed by atoms with Crippen molar-refractivity contribution in [2.75, 3.05) is 11.9 Å². The van der Waals surface area contributed by atoms with Gasteiger partial charge in [-0.2, -0.15) is 0 Å². The number of fused-ring (bicyclic) bond motifs is 1. The molecule has 0 spiro atoms. The number of urea groups is 1. The molecule has 29 heavy (non-hydrogen) atoms. The minimum Gasteiger partial charge on any atom is -0.342 e. The number of amides is 2. The molecule has 0 fully saturated rings. The van der Waals surface area contributed by atoms with Crippen LogP contribution < -0.4 is 5.32 Å². The van der Waals surface area contributed by atoms with Crippen molar-refractivity contribution in [1.29, 1.82) is 0 Å². The molecule has 0 saturated carbocycles. The molecule has 0 aliphatic rings. The lowest BCUT2D eigenvalue weighted by molar-refractivity contribution is 0.209. The van der Waals surface area contributed by atoms with Gasteiger partial charge in [0.25, 0.3) is 0 Å². The monoisotopic (exact) mass is 388 g/mol. The van der Waals surface area contributed by atoms with E-state index in [0.29, 0.717) is 19.5 Å². The third-order valence-corrected chi connectivity index (χ3v) is 4.68. The van der Waals surface area contributed by atoms with Gasteiger partial charge in [-0.3, -0.25) is 0 Å². The summed E-state index contributed by atoms with van der Waals surface area (Å²) in [5, 5.41) is 2.67. The Bertz CT molecular complexity index is 1080. The van der Waals surface area contributed by atoms with E-state index in [0.717, 1.165) is 22.4 Å². The van der Waals surface area contributed by atoms with E-state index in [4.69, 9.17) is 0 Å². The highest BCUT2D eigenvalue weighted by molar-refractivity contribution is 5.89. The van der Waals surface area contributed by atoms with E-state index in [9.17, 15) is 9.18 Å². The summed E-state index contributed by atoms with van der Waals surface area (Å²) < 4.78 is 14.0. The van der Waals surface area contributed by atoms with Gasteiger partial charge in [0.1, 0.15) is 11.6 Å². The molecule has 0 aliphatic heterocycles. The molecule has 0 bridgehead atoms. The van der Waals surface area contributed by atoms with Crippen LogP contribution in [0.3, 0.4) is 0 Å². The molecular formula is C23H21FN4O. The lowest BCUT2D eigenvalue weighted by Crippen LogP contribution is -2.36. The molecule has 0 aliphatic carbocycles. The van der Waals surface area contributed by atoms with Crippen molar-refractivity contribution in [3.63, 3.8) is 0 Å². The van der Waals surface area contributed by atoms with Crippen molar-refractivity contribution in [3.8, 4) is 0 Å². The number of anilines is 1. The molecular weight excluding hydrogens is 367 g/mol. The molecule has 3 aromatic carbocycles. The van der Waals surface area contributed by atoms with Crippen LogP contribution in [0.25, 0.3) is 11.0 Å². The van der Waals surface area contributed by atoms with Crippen molar-refractivity contribution >= 4 is 22.8 Å². The zero-order valence-electron chi connectivity index (χ0n) is 15.8. The first-order valence-electron chi connectivity index (χ1n) is 9.47. The number of halogens is 1. The number of H-pyrrole nitrogens is 1. The second kappa shape index (κ2) is 8.56. The molecule has 6 heteroatoms. The number of hydrogen-bond acceptors (Lipinski definition) is 2. The summed E-state index contributed by atoms with van der Waals surface area (Å²) in [6.07, 6.45) is 0.562. The average Bonchev–Trinajstić information content (AvgIpc) is 3.16. The summed E-state index contributed by atoms with van der Waals surface area (Å²) >= 11 is 0. The Balaban J connectivity index is 1.51. The van der Waals surface area contributed by atoms with Gasteiger partial charge < -0.3 is 15.2 Å². The molecule has 1 heterocycles. The van der Waals surface area contributed by atoms with E-state index < -0.39 is 5.82 Å². The van der Waals surface area contributed by atoms with E-state index in [1.165, 1.54) is 6.07 Å². The number of nitrogens with zero attached hydrogens (tertiary/aromatic N) is 2. The lowest BCUT2D eigenvalue weighted by atomic mass is 10.2. The van der Waals surface area contributed by atoms with Crippen LogP contribution in [0.5, 0.6) is 0 Å². The molecule has 0 unspecified atom stereocenters. The minimum atomic E-state index is -0.460. The van der Waals surface area contributed by atoms with E-state index in [2.05, 4.69) is 15.3 Å². The zero-order valence-corrected chi connectivity index (χ0v) is 15.8. The SMILES string of the molecule is O=C(Nc1ccccc1F)N(CCc1nc2ccccc2[nH]1)Cc1ccccc1. The average molecular weight is 388 g/mol. The summed E-state index contributed by atoms with van der Waals surface area (Å²) in [6.45, 7) is 0.857. The first kappa shape index (κ1) is 18.7. The van der Waals surface area contributed by atoms with Gasteiger partial charge in [-0.05, 0) is 29.8 Å². The maximum Gasteiger partial charge on any atom is 0.322 e. The summed E-state index contributed by atoms with van der Waals surface area (Å²) in [6, 6.07) is 23.3. The molecule has 4 rings (SSSR count). The molecule has 0 saturated heterocycles. The Morgan fingerprint density at radius 3 is 2.48 bits per heavy atom. The number of aromatic nitrogens is 2. The fourth-order valence-corrected chi connectivity index (χ4v) is 3.18. The van der Waals surface area contributed by atoms with E-state index in [-0.39, 0.29) is 11.7 Å². The Hall–Kier alpha value is -3.67. The molecule has 0 atom stereocenters. The van der Waals surface area contributed by atoms with Gasteiger partial charge >= 0.3 is 6.03 Å². The molecule has 146 valence electrons. The Labute approximate surface area is 168 Å². The fraction of sp³-hybridized carbons (Fsp3) is 0.130. The van der Waals surface area contributed by atoms with E-state index in [1.54, 1.807) is 23.1 Å². The molecule has 1 aromatic heterocycles. The number of para-hydroxylation sites is 3. The van der Waals surface area contributed by atoms with E-state index >= 15 is 0 Å². The first-order valence-corrected chi connectivity index (χ1v) is 9.47. The van der Waals surface area contributed by atoms with Gasteiger partial charge in [0, 0.05) is 19.5 Å². The number of carbonyl (C=O) groups is 1. The summed E-state index contributed by atoms with van der Waals surface area (Å²) in [7, 11) is 0. The van der Waals surface area contributed by atoms with E-state index in [1.807, 2.05) is 54.6 Å². The van der Waals surface area contributed by atoms with Crippen molar-refractivity contribution in [2.45, 2.75) is 13.0 Å². The topological polar surface area (TPSA) is 61.0 Å². The maximum absolute atomic E-state index is 14.0. The van der Waals surface area contributed by atoms with Gasteiger partial charge in [0.15, 0.2) is 0 Å². The van der Waals surface area contributed by atoms with Gasteiger partial charge in [0.05, 0.1) is 16.7 Å². The predicted octanol–water partition coefficient (Wildman–Crippen LogP) is 4.98. The smallest absolute Gasteiger partial charge is 0.322 e. The number of hydrogen-bond donors (Lipinski definition) is 2. The predicted molar refractivity (Wildman–Crippen MR) is 112 cm³/mol. The highest BCUT2D eigenvalue weighted by Gasteiger charge is 2.16. The molecule has 2 N–H and O–H groups in total. The van der Waals surface area contributed by atoms with Gasteiger partial charge in [-0.15, -0.1) is 0 Å². The van der Waals surface area contributed by atoms with Crippen LogP contribution in [-0.4, -0.2) is 27.4 Å². The molecule has 2 amide bonds. The molecule has 4 aromatic rings. The van der Waals surface area contributed by atoms with Gasteiger partial charge in [-0.25, -0.2) is 14.2 Å². The summed E-state index contributed by atoms with van der Waals surface area (Å²) in [5.74, 6) is 0.348. The minimum absolute atomic E-state index is 0.166. The summed E-state index contributed by atoms with van der Waals surface area (Å²) in [4.78, 5) is 22.4. The maximum atomic E-state index is 14.0. The number of benzene rings is 3. The van der Waals surface area contributed by atoms with Crippen LogP contribution in [-0.2, 0) is 13.0 Å². The lowest BCUT2D eigenvalue weighted by Gasteiger charge is -2.23. The second-order valence-electron chi connectivity index (χ2n) is 6.77. The molecule has 0 radical (unpaired) electrons. The van der Waals surface area contributed by atoms with Crippen LogP contribution in [0.1, 0.15) is 11.4 Å². The fourth-order valence-electron chi connectivity index (χ4n) is 3.18. The van der Waals surface area contributed by atoms with Crippen molar-refractivity contribution in [2.24, 2.45) is 0 Å².